The van der Waals surface area contributed by atoms with Crippen molar-refractivity contribution >= 4 is 5.69 Å². The third-order valence-electron chi connectivity index (χ3n) is 3.94. The molecule has 0 fully saturated rings. The minimum atomic E-state index is 0.427. The maximum Gasteiger partial charge on any atom is 0.246 e. The fraction of sp³-hybridized carbons (Fsp3) is 0.167. The Morgan fingerprint density at radius 2 is 1.92 bits per heavy atom. The van der Waals surface area contributed by atoms with Gasteiger partial charge in [-0.15, -0.1) is 5.10 Å². The molecule has 8 heteroatoms. The molecule has 0 unspecified atom stereocenters. The summed E-state index contributed by atoms with van der Waals surface area (Å²) in [6.45, 7) is 4.32. The van der Waals surface area contributed by atoms with Gasteiger partial charge in [-0.05, 0) is 42.5 Å². The lowest BCUT2D eigenvalue weighted by Gasteiger charge is -2.06. The Morgan fingerprint density at radius 1 is 1.08 bits per heavy atom. The quantitative estimate of drug-likeness (QED) is 0.593. The van der Waals surface area contributed by atoms with Crippen LogP contribution in [0.1, 0.15) is 17.3 Å². The Bertz CT molecular complexity index is 1020. The van der Waals surface area contributed by atoms with Crippen molar-refractivity contribution in [3.8, 4) is 17.1 Å². The van der Waals surface area contributed by atoms with E-state index in [0.717, 1.165) is 22.8 Å². The summed E-state index contributed by atoms with van der Waals surface area (Å²) in [6, 6.07) is 15.8. The number of rotatable bonds is 5. The predicted molar refractivity (Wildman–Crippen MR) is 95.7 cm³/mol. The molecule has 0 saturated carbocycles. The minimum Gasteiger partial charge on any atom is -0.376 e. The number of nitrogens with zero attached hydrogens (tertiary/aromatic N) is 6. The van der Waals surface area contributed by atoms with Crippen molar-refractivity contribution in [3.05, 3.63) is 65.8 Å². The molecule has 0 radical (unpaired) electrons. The van der Waals surface area contributed by atoms with Gasteiger partial charge >= 0.3 is 0 Å². The number of aryl methyl sites for hydroxylation is 2. The van der Waals surface area contributed by atoms with Crippen molar-refractivity contribution in [1.82, 2.24) is 30.3 Å². The van der Waals surface area contributed by atoms with E-state index in [1.54, 1.807) is 4.68 Å². The van der Waals surface area contributed by atoms with Gasteiger partial charge in [0, 0.05) is 11.3 Å². The van der Waals surface area contributed by atoms with E-state index in [1.165, 1.54) is 5.56 Å². The number of anilines is 1. The molecule has 0 spiro atoms. The van der Waals surface area contributed by atoms with E-state index in [0.29, 0.717) is 18.3 Å². The van der Waals surface area contributed by atoms with Crippen molar-refractivity contribution in [2.75, 3.05) is 5.32 Å². The molecule has 0 aliphatic heterocycles. The Labute approximate surface area is 149 Å². The van der Waals surface area contributed by atoms with Gasteiger partial charge in [-0.25, -0.2) is 0 Å². The van der Waals surface area contributed by atoms with Crippen molar-refractivity contribution in [3.63, 3.8) is 0 Å². The van der Waals surface area contributed by atoms with Crippen LogP contribution in [0.25, 0.3) is 17.1 Å². The van der Waals surface area contributed by atoms with Gasteiger partial charge in [-0.1, -0.05) is 41.1 Å². The standard InChI is InChI=1S/C18H17N7O/c1-12-6-8-14(9-7-12)18-20-17(26-22-18)11-19-15-4-3-5-16(10-15)25-13(2)21-23-24-25/h3-10,19H,11H2,1-2H3. The third-order valence-corrected chi connectivity index (χ3v) is 3.94. The van der Waals surface area contributed by atoms with Crippen molar-refractivity contribution < 1.29 is 4.52 Å². The topological polar surface area (TPSA) is 94.6 Å². The van der Waals surface area contributed by atoms with Crippen LogP contribution < -0.4 is 5.32 Å². The first-order valence-electron chi connectivity index (χ1n) is 8.18. The molecule has 0 saturated heterocycles. The van der Waals surface area contributed by atoms with Gasteiger partial charge in [0.05, 0.1) is 12.2 Å². The molecule has 4 rings (SSSR count). The van der Waals surface area contributed by atoms with Crippen LogP contribution in [0.4, 0.5) is 5.69 Å². The Morgan fingerprint density at radius 3 is 2.69 bits per heavy atom. The Kier molecular flexibility index (Phi) is 4.14. The molecule has 0 atom stereocenters. The fourth-order valence-electron chi connectivity index (χ4n) is 2.54. The molecule has 26 heavy (non-hydrogen) atoms. The zero-order valence-corrected chi connectivity index (χ0v) is 14.4. The van der Waals surface area contributed by atoms with Gasteiger partial charge in [0.1, 0.15) is 0 Å². The molecule has 2 aromatic carbocycles. The molecule has 2 aromatic heterocycles. The lowest BCUT2D eigenvalue weighted by atomic mass is 10.1. The summed E-state index contributed by atoms with van der Waals surface area (Å²) in [5.41, 5.74) is 3.91. The second-order valence-electron chi connectivity index (χ2n) is 5.92. The van der Waals surface area contributed by atoms with E-state index in [-0.39, 0.29) is 0 Å². The molecule has 8 nitrogen and oxygen atoms in total. The van der Waals surface area contributed by atoms with Gasteiger partial charge in [0.25, 0.3) is 0 Å². The molecule has 4 aromatic rings. The molecule has 0 amide bonds. The van der Waals surface area contributed by atoms with Crippen LogP contribution in [0.3, 0.4) is 0 Å². The number of aromatic nitrogens is 6. The predicted octanol–water partition coefficient (Wildman–Crippen LogP) is 2.94. The summed E-state index contributed by atoms with van der Waals surface area (Å²) in [5, 5.41) is 18.9. The van der Waals surface area contributed by atoms with Gasteiger partial charge in [0.2, 0.25) is 11.7 Å². The van der Waals surface area contributed by atoms with Crippen LogP contribution in [0.2, 0.25) is 0 Å². The van der Waals surface area contributed by atoms with E-state index in [9.17, 15) is 0 Å². The average Bonchev–Trinajstić information content (AvgIpc) is 3.30. The van der Waals surface area contributed by atoms with Crippen molar-refractivity contribution in [2.24, 2.45) is 0 Å². The van der Waals surface area contributed by atoms with Gasteiger partial charge in [-0.3, -0.25) is 0 Å². The summed E-state index contributed by atoms with van der Waals surface area (Å²) < 4.78 is 7.01. The first-order valence-corrected chi connectivity index (χ1v) is 8.18. The highest BCUT2D eigenvalue weighted by molar-refractivity contribution is 5.55. The van der Waals surface area contributed by atoms with Crippen molar-refractivity contribution in [1.29, 1.82) is 0 Å². The SMILES string of the molecule is Cc1ccc(-c2noc(CNc3cccc(-n4nnnc4C)c3)n2)cc1. The second-order valence-corrected chi connectivity index (χ2v) is 5.92. The first kappa shape index (κ1) is 15.9. The smallest absolute Gasteiger partial charge is 0.246 e. The monoisotopic (exact) mass is 347 g/mol. The summed E-state index contributed by atoms with van der Waals surface area (Å²) >= 11 is 0. The maximum atomic E-state index is 5.33. The van der Waals surface area contributed by atoms with E-state index >= 15 is 0 Å². The molecule has 2 heterocycles. The van der Waals surface area contributed by atoms with Gasteiger partial charge in [0.15, 0.2) is 5.82 Å². The van der Waals surface area contributed by atoms with Crippen LogP contribution in [-0.4, -0.2) is 30.3 Å². The van der Waals surface area contributed by atoms with E-state index in [1.807, 2.05) is 62.4 Å². The summed E-state index contributed by atoms with van der Waals surface area (Å²) in [5.74, 6) is 1.83. The molecule has 1 N–H and O–H groups in total. The van der Waals surface area contributed by atoms with Crippen LogP contribution in [0, 0.1) is 13.8 Å². The highest BCUT2D eigenvalue weighted by Gasteiger charge is 2.09. The van der Waals surface area contributed by atoms with E-state index in [4.69, 9.17) is 4.52 Å². The Balaban J connectivity index is 1.46. The highest BCUT2D eigenvalue weighted by Crippen LogP contribution is 2.18. The molecular formula is C18H17N7O. The summed E-state index contributed by atoms with van der Waals surface area (Å²) in [6.07, 6.45) is 0. The molecule has 0 bridgehead atoms. The number of hydrogen-bond donors (Lipinski definition) is 1. The van der Waals surface area contributed by atoms with Crippen LogP contribution in [0.5, 0.6) is 0 Å². The number of tetrazole rings is 1. The summed E-state index contributed by atoms with van der Waals surface area (Å²) in [7, 11) is 0. The van der Waals surface area contributed by atoms with Gasteiger partial charge < -0.3 is 9.84 Å². The molecule has 0 aliphatic rings. The first-order chi connectivity index (χ1) is 12.7. The maximum absolute atomic E-state index is 5.33. The second kappa shape index (κ2) is 6.75. The molecule has 130 valence electrons. The van der Waals surface area contributed by atoms with Crippen LogP contribution in [-0.2, 0) is 6.54 Å². The van der Waals surface area contributed by atoms with E-state index in [2.05, 4.69) is 31.0 Å². The molecule has 0 aliphatic carbocycles. The lowest BCUT2D eigenvalue weighted by molar-refractivity contribution is 0.384. The zero-order valence-electron chi connectivity index (χ0n) is 14.4. The van der Waals surface area contributed by atoms with E-state index < -0.39 is 0 Å². The number of nitrogens with one attached hydrogen (secondary N) is 1. The van der Waals surface area contributed by atoms with Crippen molar-refractivity contribution in [2.45, 2.75) is 20.4 Å². The largest absolute Gasteiger partial charge is 0.376 e. The highest BCUT2D eigenvalue weighted by atomic mass is 16.5. The van der Waals surface area contributed by atoms with Crippen LogP contribution >= 0.6 is 0 Å². The fourth-order valence-corrected chi connectivity index (χ4v) is 2.54. The Hall–Kier alpha value is -3.55. The van der Waals surface area contributed by atoms with Gasteiger partial charge in [-0.2, -0.15) is 9.67 Å². The average molecular weight is 347 g/mol. The zero-order chi connectivity index (χ0) is 17.9. The number of hydrogen-bond acceptors (Lipinski definition) is 7. The summed E-state index contributed by atoms with van der Waals surface area (Å²) in [4.78, 5) is 4.43. The minimum absolute atomic E-state index is 0.427. The molecular weight excluding hydrogens is 330 g/mol. The van der Waals surface area contributed by atoms with Crippen LogP contribution in [0.15, 0.2) is 53.1 Å². The lowest BCUT2D eigenvalue weighted by Crippen LogP contribution is -2.03. The third kappa shape index (κ3) is 3.30. The normalized spacial score (nSPS) is 10.8. The number of benzene rings is 2.